The molecule has 1 saturated heterocycles. The number of nitriles is 1. The van der Waals surface area contributed by atoms with Crippen LogP contribution in [0.1, 0.15) is 24.0 Å². The highest BCUT2D eigenvalue weighted by molar-refractivity contribution is 7.88. The van der Waals surface area contributed by atoms with Crippen molar-refractivity contribution in [3.8, 4) is 6.07 Å². The van der Waals surface area contributed by atoms with Crippen molar-refractivity contribution in [2.45, 2.75) is 18.9 Å². The number of amides is 1. The summed E-state index contributed by atoms with van der Waals surface area (Å²) >= 11 is 0. The van der Waals surface area contributed by atoms with E-state index in [2.05, 4.69) is 10.8 Å². The number of hydrogen-bond donors (Lipinski definition) is 1. The third-order valence-electron chi connectivity index (χ3n) is 3.67. The van der Waals surface area contributed by atoms with Gasteiger partial charge in [-0.05, 0) is 30.5 Å². The van der Waals surface area contributed by atoms with Crippen LogP contribution in [0.2, 0.25) is 0 Å². The highest BCUT2D eigenvalue weighted by Gasteiger charge is 2.23. The topological polar surface area (TPSA) is 90.3 Å². The minimum Gasteiger partial charge on any atom is -0.339 e. The molecule has 0 atom stereocenters. The van der Waals surface area contributed by atoms with Crippen LogP contribution in [0.15, 0.2) is 30.3 Å². The standard InChI is InChI=1S/C16H19N3O3S/c1-23(21,22)18-15-8-10-19(11-9-15)16(20)7-6-13-4-2-3-5-14(13)12-17/h2-7,15,18H,8-11H2,1H3/b7-6+. The first kappa shape index (κ1) is 17.2. The molecule has 0 bridgehead atoms. The Labute approximate surface area is 136 Å². The quantitative estimate of drug-likeness (QED) is 0.836. The highest BCUT2D eigenvalue weighted by Crippen LogP contribution is 2.13. The zero-order valence-electron chi connectivity index (χ0n) is 12.9. The van der Waals surface area contributed by atoms with Crippen LogP contribution >= 0.6 is 0 Å². The van der Waals surface area contributed by atoms with Gasteiger partial charge in [0.2, 0.25) is 15.9 Å². The molecule has 1 aliphatic heterocycles. The molecule has 0 spiro atoms. The molecule has 0 saturated carbocycles. The molecule has 0 aromatic heterocycles. The van der Waals surface area contributed by atoms with Crippen LogP contribution < -0.4 is 4.72 Å². The number of nitrogens with zero attached hydrogens (tertiary/aromatic N) is 2. The molecule has 0 aliphatic carbocycles. The van der Waals surface area contributed by atoms with Gasteiger partial charge in [0, 0.05) is 25.2 Å². The molecule has 1 N–H and O–H groups in total. The van der Waals surface area contributed by atoms with E-state index in [-0.39, 0.29) is 11.9 Å². The van der Waals surface area contributed by atoms with Crippen LogP contribution in [-0.4, -0.2) is 44.6 Å². The van der Waals surface area contributed by atoms with E-state index in [4.69, 9.17) is 5.26 Å². The van der Waals surface area contributed by atoms with Gasteiger partial charge in [0.15, 0.2) is 0 Å². The first-order valence-electron chi connectivity index (χ1n) is 7.32. The Kier molecular flexibility index (Phi) is 5.53. The van der Waals surface area contributed by atoms with Crippen molar-refractivity contribution in [2.24, 2.45) is 0 Å². The molecule has 1 amide bonds. The second kappa shape index (κ2) is 7.40. The van der Waals surface area contributed by atoms with Crippen molar-refractivity contribution in [3.63, 3.8) is 0 Å². The van der Waals surface area contributed by atoms with E-state index in [1.807, 2.05) is 6.07 Å². The summed E-state index contributed by atoms with van der Waals surface area (Å²) in [7, 11) is -3.21. The Morgan fingerprint density at radius 1 is 1.35 bits per heavy atom. The van der Waals surface area contributed by atoms with Crippen molar-refractivity contribution >= 4 is 22.0 Å². The number of piperidine rings is 1. The van der Waals surface area contributed by atoms with Crippen molar-refractivity contribution in [1.29, 1.82) is 5.26 Å². The van der Waals surface area contributed by atoms with Crippen molar-refractivity contribution in [1.82, 2.24) is 9.62 Å². The van der Waals surface area contributed by atoms with Gasteiger partial charge in [-0.1, -0.05) is 18.2 Å². The lowest BCUT2D eigenvalue weighted by molar-refractivity contribution is -0.126. The number of rotatable bonds is 4. The maximum Gasteiger partial charge on any atom is 0.246 e. The number of nitrogens with one attached hydrogen (secondary N) is 1. The maximum atomic E-state index is 12.2. The average molecular weight is 333 g/mol. The monoisotopic (exact) mass is 333 g/mol. The van der Waals surface area contributed by atoms with Gasteiger partial charge >= 0.3 is 0 Å². The Bertz CT molecular complexity index is 742. The van der Waals surface area contributed by atoms with Gasteiger partial charge in [0.1, 0.15) is 0 Å². The zero-order valence-corrected chi connectivity index (χ0v) is 13.7. The molecule has 1 heterocycles. The molecule has 23 heavy (non-hydrogen) atoms. The summed E-state index contributed by atoms with van der Waals surface area (Å²) in [6, 6.07) is 9.04. The normalized spacial score (nSPS) is 16.4. The fourth-order valence-electron chi connectivity index (χ4n) is 2.53. The Balaban J connectivity index is 1.93. The van der Waals surface area contributed by atoms with E-state index in [9.17, 15) is 13.2 Å². The maximum absolute atomic E-state index is 12.2. The van der Waals surface area contributed by atoms with Gasteiger partial charge in [0.25, 0.3) is 0 Å². The van der Waals surface area contributed by atoms with Gasteiger partial charge in [-0.3, -0.25) is 4.79 Å². The van der Waals surface area contributed by atoms with Crippen molar-refractivity contribution in [2.75, 3.05) is 19.3 Å². The Morgan fingerprint density at radius 3 is 2.61 bits per heavy atom. The van der Waals surface area contributed by atoms with Gasteiger partial charge in [0.05, 0.1) is 17.9 Å². The molecule has 1 aromatic carbocycles. The Morgan fingerprint density at radius 2 is 2.00 bits per heavy atom. The van der Waals surface area contributed by atoms with E-state index < -0.39 is 10.0 Å². The molecule has 2 rings (SSSR count). The van der Waals surface area contributed by atoms with Crippen LogP contribution in [0, 0.1) is 11.3 Å². The summed E-state index contributed by atoms with van der Waals surface area (Å²) in [5.74, 6) is -0.129. The number of sulfonamides is 1. The molecular formula is C16H19N3O3S. The van der Waals surface area contributed by atoms with Crippen molar-refractivity contribution < 1.29 is 13.2 Å². The number of likely N-dealkylation sites (tertiary alicyclic amines) is 1. The summed E-state index contributed by atoms with van der Waals surface area (Å²) in [5.41, 5.74) is 1.23. The fraction of sp³-hybridized carbons (Fsp3) is 0.375. The SMILES string of the molecule is CS(=O)(=O)NC1CCN(C(=O)/C=C/c2ccccc2C#N)CC1. The van der Waals surface area contributed by atoms with Crippen LogP contribution in [-0.2, 0) is 14.8 Å². The summed E-state index contributed by atoms with van der Waals surface area (Å²) in [5, 5.41) is 9.02. The smallest absolute Gasteiger partial charge is 0.246 e. The van der Waals surface area contributed by atoms with Crippen molar-refractivity contribution in [3.05, 3.63) is 41.5 Å². The molecule has 7 heteroatoms. The average Bonchev–Trinajstić information content (AvgIpc) is 2.52. The zero-order chi connectivity index (χ0) is 16.9. The van der Waals surface area contributed by atoms with Crippen LogP contribution in [0.5, 0.6) is 0 Å². The largest absolute Gasteiger partial charge is 0.339 e. The van der Waals surface area contributed by atoms with E-state index in [1.165, 1.54) is 6.08 Å². The lowest BCUT2D eigenvalue weighted by atomic mass is 10.1. The minimum atomic E-state index is -3.21. The lowest BCUT2D eigenvalue weighted by Gasteiger charge is -2.31. The summed E-state index contributed by atoms with van der Waals surface area (Å²) in [4.78, 5) is 13.9. The predicted octanol–water partition coefficient (Wildman–Crippen LogP) is 1.11. The van der Waals surface area contributed by atoms with Crippen LogP contribution in [0.4, 0.5) is 0 Å². The molecule has 0 unspecified atom stereocenters. The third-order valence-corrected chi connectivity index (χ3v) is 4.44. The van der Waals surface area contributed by atoms with Gasteiger partial charge in [-0.25, -0.2) is 13.1 Å². The number of carbonyl (C=O) groups excluding carboxylic acids is 1. The number of carbonyl (C=O) groups is 1. The molecular weight excluding hydrogens is 314 g/mol. The Hall–Kier alpha value is -2.17. The second-order valence-electron chi connectivity index (χ2n) is 5.52. The first-order valence-corrected chi connectivity index (χ1v) is 9.21. The summed E-state index contributed by atoms with van der Waals surface area (Å²) in [6.45, 7) is 1.02. The lowest BCUT2D eigenvalue weighted by Crippen LogP contribution is -2.45. The molecule has 1 aromatic rings. The number of benzene rings is 1. The van der Waals surface area contributed by atoms with Gasteiger partial charge < -0.3 is 4.90 Å². The second-order valence-corrected chi connectivity index (χ2v) is 7.30. The molecule has 1 fully saturated rings. The van der Waals surface area contributed by atoms with E-state index in [0.29, 0.717) is 37.1 Å². The minimum absolute atomic E-state index is 0.114. The first-order chi connectivity index (χ1) is 10.9. The third kappa shape index (κ3) is 5.20. The van der Waals surface area contributed by atoms with Crippen LogP contribution in [0.25, 0.3) is 6.08 Å². The van der Waals surface area contributed by atoms with Gasteiger partial charge in [-0.2, -0.15) is 5.26 Å². The summed E-state index contributed by atoms with van der Waals surface area (Å²) < 4.78 is 25.0. The highest BCUT2D eigenvalue weighted by atomic mass is 32.2. The molecule has 1 aliphatic rings. The van der Waals surface area contributed by atoms with E-state index in [0.717, 1.165) is 6.26 Å². The molecule has 6 nitrogen and oxygen atoms in total. The van der Waals surface area contributed by atoms with E-state index >= 15 is 0 Å². The predicted molar refractivity (Wildman–Crippen MR) is 87.8 cm³/mol. The molecule has 122 valence electrons. The fourth-order valence-corrected chi connectivity index (χ4v) is 3.37. The number of hydrogen-bond acceptors (Lipinski definition) is 4. The molecule has 0 radical (unpaired) electrons. The van der Waals surface area contributed by atoms with Gasteiger partial charge in [-0.15, -0.1) is 0 Å². The van der Waals surface area contributed by atoms with E-state index in [1.54, 1.807) is 29.2 Å². The van der Waals surface area contributed by atoms with Crippen LogP contribution in [0.3, 0.4) is 0 Å². The summed E-state index contributed by atoms with van der Waals surface area (Å²) in [6.07, 6.45) is 5.44.